The van der Waals surface area contributed by atoms with Crippen LogP contribution in [0.3, 0.4) is 0 Å². The molecule has 1 aromatic heterocycles. The zero-order chi connectivity index (χ0) is 22.3. The van der Waals surface area contributed by atoms with E-state index in [9.17, 15) is 4.79 Å². The number of rotatable bonds is 8. The SMILES string of the molecule is COc1cccc(Cc2nsc(N3CCN(CCNC(=O)c4ccccc4C)CC3)n2)c1. The van der Waals surface area contributed by atoms with E-state index in [0.717, 1.165) is 66.1 Å². The van der Waals surface area contributed by atoms with Crippen molar-refractivity contribution in [3.05, 3.63) is 71.0 Å². The van der Waals surface area contributed by atoms with Crippen LogP contribution in [0, 0.1) is 6.92 Å². The summed E-state index contributed by atoms with van der Waals surface area (Å²) in [5, 5.41) is 4.02. The van der Waals surface area contributed by atoms with E-state index in [1.54, 1.807) is 7.11 Å². The van der Waals surface area contributed by atoms with Gasteiger partial charge < -0.3 is 15.0 Å². The maximum absolute atomic E-state index is 12.4. The van der Waals surface area contributed by atoms with Gasteiger partial charge in [0, 0.05) is 62.8 Å². The number of carbonyl (C=O) groups excluding carboxylic acids is 1. The highest BCUT2D eigenvalue weighted by molar-refractivity contribution is 7.09. The van der Waals surface area contributed by atoms with Gasteiger partial charge in [-0.05, 0) is 36.2 Å². The normalized spacial score (nSPS) is 14.4. The van der Waals surface area contributed by atoms with Crippen molar-refractivity contribution in [2.24, 2.45) is 0 Å². The summed E-state index contributed by atoms with van der Waals surface area (Å²) >= 11 is 1.47. The van der Waals surface area contributed by atoms with Crippen LogP contribution in [-0.2, 0) is 6.42 Å². The van der Waals surface area contributed by atoms with Gasteiger partial charge in [0.2, 0.25) is 5.13 Å². The first-order chi connectivity index (χ1) is 15.6. The topological polar surface area (TPSA) is 70.6 Å². The molecule has 0 aliphatic carbocycles. The molecule has 0 bridgehead atoms. The first kappa shape index (κ1) is 22.2. The van der Waals surface area contributed by atoms with E-state index in [-0.39, 0.29) is 5.91 Å². The van der Waals surface area contributed by atoms with Crippen LogP contribution in [0.4, 0.5) is 5.13 Å². The van der Waals surface area contributed by atoms with Gasteiger partial charge in [0.05, 0.1) is 7.11 Å². The lowest BCUT2D eigenvalue weighted by Gasteiger charge is -2.34. The van der Waals surface area contributed by atoms with Gasteiger partial charge in [-0.2, -0.15) is 4.37 Å². The maximum Gasteiger partial charge on any atom is 0.251 e. The molecular weight excluding hydrogens is 422 g/mol. The molecule has 1 saturated heterocycles. The van der Waals surface area contributed by atoms with Crippen LogP contribution in [-0.4, -0.2) is 66.5 Å². The third-order valence-electron chi connectivity index (χ3n) is 5.70. The van der Waals surface area contributed by atoms with Crippen molar-refractivity contribution in [1.82, 2.24) is 19.6 Å². The Morgan fingerprint density at radius 1 is 1.12 bits per heavy atom. The summed E-state index contributed by atoms with van der Waals surface area (Å²) in [5.41, 5.74) is 2.89. The molecule has 1 N–H and O–H groups in total. The molecule has 1 aliphatic heterocycles. The van der Waals surface area contributed by atoms with Gasteiger partial charge in [-0.1, -0.05) is 30.3 Å². The number of ether oxygens (including phenoxy) is 1. The number of amides is 1. The van der Waals surface area contributed by atoms with Gasteiger partial charge in [0.15, 0.2) is 0 Å². The minimum absolute atomic E-state index is 0.000777. The highest BCUT2D eigenvalue weighted by Crippen LogP contribution is 2.21. The molecular formula is C24H29N5O2S. The summed E-state index contributed by atoms with van der Waals surface area (Å²) < 4.78 is 9.85. The minimum atomic E-state index is -0.000777. The van der Waals surface area contributed by atoms with Crippen molar-refractivity contribution < 1.29 is 9.53 Å². The van der Waals surface area contributed by atoms with E-state index in [4.69, 9.17) is 9.72 Å². The lowest BCUT2D eigenvalue weighted by molar-refractivity contribution is 0.0947. The van der Waals surface area contributed by atoms with E-state index in [1.807, 2.05) is 49.4 Å². The quantitative estimate of drug-likeness (QED) is 0.568. The highest BCUT2D eigenvalue weighted by atomic mass is 32.1. The van der Waals surface area contributed by atoms with Crippen molar-refractivity contribution >= 4 is 22.6 Å². The zero-order valence-electron chi connectivity index (χ0n) is 18.6. The van der Waals surface area contributed by atoms with Crippen LogP contribution in [0.2, 0.25) is 0 Å². The Kier molecular flexibility index (Phi) is 7.34. The first-order valence-electron chi connectivity index (χ1n) is 10.9. The predicted octanol–water partition coefficient (Wildman–Crippen LogP) is 3.00. The number of carbonyl (C=O) groups is 1. The van der Waals surface area contributed by atoms with E-state index >= 15 is 0 Å². The van der Waals surface area contributed by atoms with Gasteiger partial charge in [0.25, 0.3) is 5.91 Å². The second-order valence-electron chi connectivity index (χ2n) is 7.92. The molecule has 0 spiro atoms. The molecule has 0 atom stereocenters. The number of aryl methyl sites for hydroxylation is 1. The Morgan fingerprint density at radius 3 is 2.72 bits per heavy atom. The molecule has 1 amide bonds. The molecule has 1 aliphatic rings. The van der Waals surface area contributed by atoms with E-state index in [0.29, 0.717) is 13.0 Å². The number of nitrogens with one attached hydrogen (secondary N) is 1. The van der Waals surface area contributed by atoms with Crippen molar-refractivity contribution in [2.45, 2.75) is 13.3 Å². The second kappa shape index (κ2) is 10.6. The molecule has 3 aromatic rings. The summed E-state index contributed by atoms with van der Waals surface area (Å²) in [4.78, 5) is 21.8. The fourth-order valence-electron chi connectivity index (χ4n) is 3.82. The average molecular weight is 452 g/mol. The molecule has 4 rings (SSSR count). The Balaban J connectivity index is 1.22. The van der Waals surface area contributed by atoms with Gasteiger partial charge in [0.1, 0.15) is 11.6 Å². The smallest absolute Gasteiger partial charge is 0.251 e. The Bertz CT molecular complexity index is 1050. The van der Waals surface area contributed by atoms with Crippen LogP contribution < -0.4 is 15.0 Å². The summed E-state index contributed by atoms with van der Waals surface area (Å²) in [5.74, 6) is 1.70. The molecule has 0 saturated carbocycles. The molecule has 7 nitrogen and oxygen atoms in total. The van der Waals surface area contributed by atoms with Crippen molar-refractivity contribution in [2.75, 3.05) is 51.3 Å². The number of hydrogen-bond donors (Lipinski definition) is 1. The van der Waals surface area contributed by atoms with Crippen LogP contribution in [0.25, 0.3) is 0 Å². The van der Waals surface area contributed by atoms with Crippen LogP contribution in [0.5, 0.6) is 5.75 Å². The van der Waals surface area contributed by atoms with E-state index in [1.165, 1.54) is 11.5 Å². The number of benzene rings is 2. The molecule has 2 heterocycles. The average Bonchev–Trinajstić information content (AvgIpc) is 3.28. The van der Waals surface area contributed by atoms with Gasteiger partial charge in [-0.25, -0.2) is 4.98 Å². The molecule has 2 aromatic carbocycles. The first-order valence-corrected chi connectivity index (χ1v) is 11.7. The molecule has 1 fully saturated rings. The Morgan fingerprint density at radius 2 is 1.94 bits per heavy atom. The Labute approximate surface area is 193 Å². The van der Waals surface area contributed by atoms with Crippen molar-refractivity contribution in [1.29, 1.82) is 0 Å². The summed E-state index contributed by atoms with van der Waals surface area (Å²) in [6, 6.07) is 15.7. The number of hydrogen-bond acceptors (Lipinski definition) is 7. The molecule has 32 heavy (non-hydrogen) atoms. The third-order valence-corrected chi connectivity index (χ3v) is 6.51. The monoisotopic (exact) mass is 451 g/mol. The summed E-state index contributed by atoms with van der Waals surface area (Å²) in [6.07, 6.45) is 0.703. The fraction of sp³-hybridized carbons (Fsp3) is 0.375. The molecule has 0 unspecified atom stereocenters. The van der Waals surface area contributed by atoms with Gasteiger partial charge in [-0.15, -0.1) is 0 Å². The van der Waals surface area contributed by atoms with Gasteiger partial charge >= 0.3 is 0 Å². The third kappa shape index (κ3) is 5.63. The molecule has 168 valence electrons. The van der Waals surface area contributed by atoms with Gasteiger partial charge in [-0.3, -0.25) is 9.69 Å². The fourth-order valence-corrected chi connectivity index (χ4v) is 4.56. The number of piperazine rings is 1. The van der Waals surface area contributed by atoms with Crippen LogP contribution >= 0.6 is 11.5 Å². The summed E-state index contributed by atoms with van der Waals surface area (Å²) in [6.45, 7) is 7.19. The predicted molar refractivity (Wildman–Crippen MR) is 128 cm³/mol. The zero-order valence-corrected chi connectivity index (χ0v) is 19.4. The van der Waals surface area contributed by atoms with Crippen molar-refractivity contribution in [3.63, 3.8) is 0 Å². The van der Waals surface area contributed by atoms with E-state index in [2.05, 4.69) is 25.6 Å². The standard InChI is InChI=1S/C24H29N5O2S/c1-18-6-3-4-9-21(18)23(30)25-10-11-28-12-14-29(15-13-28)24-26-22(27-32-24)17-19-7-5-8-20(16-19)31-2/h3-9,16H,10-15,17H2,1-2H3,(H,25,30). The Hall–Kier alpha value is -2.97. The number of methoxy groups -OCH3 is 1. The highest BCUT2D eigenvalue weighted by Gasteiger charge is 2.20. The summed E-state index contributed by atoms with van der Waals surface area (Å²) in [7, 11) is 1.68. The number of anilines is 1. The number of aromatic nitrogens is 2. The van der Waals surface area contributed by atoms with Crippen LogP contribution in [0.15, 0.2) is 48.5 Å². The molecule has 8 heteroatoms. The van der Waals surface area contributed by atoms with Crippen LogP contribution in [0.1, 0.15) is 27.3 Å². The largest absolute Gasteiger partial charge is 0.497 e. The van der Waals surface area contributed by atoms with E-state index < -0.39 is 0 Å². The minimum Gasteiger partial charge on any atom is -0.497 e. The number of nitrogens with zero attached hydrogens (tertiary/aromatic N) is 4. The molecule has 0 radical (unpaired) electrons. The van der Waals surface area contributed by atoms with Crippen molar-refractivity contribution in [3.8, 4) is 5.75 Å². The maximum atomic E-state index is 12.4. The lowest BCUT2D eigenvalue weighted by Crippen LogP contribution is -2.48. The second-order valence-corrected chi connectivity index (χ2v) is 8.65. The lowest BCUT2D eigenvalue weighted by atomic mass is 10.1.